The lowest BCUT2D eigenvalue weighted by atomic mass is 9.90. The average Bonchev–Trinajstić information content (AvgIpc) is 2.85. The molecule has 0 amide bonds. The molecule has 1 aromatic rings. The Hall–Kier alpha value is -0.870. The van der Waals surface area contributed by atoms with Gasteiger partial charge in [0, 0.05) is 10.4 Å². The van der Waals surface area contributed by atoms with E-state index in [4.69, 9.17) is 9.47 Å². The number of methoxy groups -OCH3 is 2. The van der Waals surface area contributed by atoms with E-state index in [2.05, 4.69) is 30.6 Å². The molecule has 0 saturated carbocycles. The van der Waals surface area contributed by atoms with E-state index in [1.54, 1.807) is 26.0 Å². The van der Waals surface area contributed by atoms with Crippen molar-refractivity contribution in [2.24, 2.45) is 0 Å². The van der Waals surface area contributed by atoms with Crippen LogP contribution in [0.1, 0.15) is 25.3 Å². The normalized spacial score (nSPS) is 23.1. The lowest BCUT2D eigenvalue weighted by molar-refractivity contribution is 0.349. The minimum absolute atomic E-state index is 0.0535. The lowest BCUT2D eigenvalue weighted by Crippen LogP contribution is -2.33. The van der Waals surface area contributed by atoms with Crippen molar-refractivity contribution in [3.05, 3.63) is 17.7 Å². The number of hydrogen-bond donors (Lipinski definition) is 1. The summed E-state index contributed by atoms with van der Waals surface area (Å²) in [6.45, 7) is 3.35. The summed E-state index contributed by atoms with van der Waals surface area (Å²) < 4.78 is 10.8. The molecule has 0 bridgehead atoms. The molecule has 0 spiro atoms. The third-order valence-corrected chi connectivity index (χ3v) is 4.45. The van der Waals surface area contributed by atoms with Crippen LogP contribution in [0.3, 0.4) is 0 Å². The first-order valence-corrected chi connectivity index (χ1v) is 7.42. The predicted molar refractivity (Wildman–Crippen MR) is 75.9 cm³/mol. The largest absolute Gasteiger partial charge is 0.493 e. The summed E-state index contributed by atoms with van der Waals surface area (Å²) in [5, 5.41) is 3.60. The fraction of sp³-hybridized carbons (Fsp3) is 0.571. The fourth-order valence-corrected chi connectivity index (χ4v) is 3.31. The van der Waals surface area contributed by atoms with E-state index >= 15 is 0 Å². The highest BCUT2D eigenvalue weighted by Gasteiger charge is 2.33. The van der Waals surface area contributed by atoms with Crippen molar-refractivity contribution >= 4 is 11.8 Å². The summed E-state index contributed by atoms with van der Waals surface area (Å²) in [4.78, 5) is 1.25. The van der Waals surface area contributed by atoms with Gasteiger partial charge >= 0.3 is 0 Å². The van der Waals surface area contributed by atoms with E-state index in [0.29, 0.717) is 0 Å². The van der Waals surface area contributed by atoms with Crippen molar-refractivity contribution in [1.82, 2.24) is 5.32 Å². The molecule has 1 fully saturated rings. The summed E-state index contributed by atoms with van der Waals surface area (Å²) >= 11 is 1.75. The molecule has 1 aromatic carbocycles. The maximum atomic E-state index is 5.42. The van der Waals surface area contributed by atoms with E-state index in [1.807, 2.05) is 0 Å². The second-order valence-electron chi connectivity index (χ2n) is 4.77. The monoisotopic (exact) mass is 267 g/mol. The summed E-state index contributed by atoms with van der Waals surface area (Å²) in [5.74, 6) is 1.60. The second-order valence-corrected chi connectivity index (χ2v) is 5.62. The smallest absolute Gasteiger partial charge is 0.161 e. The van der Waals surface area contributed by atoms with Gasteiger partial charge in [-0.1, -0.05) is 0 Å². The molecule has 2 rings (SSSR count). The van der Waals surface area contributed by atoms with Crippen LogP contribution >= 0.6 is 11.8 Å². The molecule has 1 heterocycles. The number of thioether (sulfide) groups is 1. The van der Waals surface area contributed by atoms with Gasteiger partial charge in [0.05, 0.1) is 14.2 Å². The van der Waals surface area contributed by atoms with Crippen molar-refractivity contribution in [2.45, 2.75) is 30.2 Å². The van der Waals surface area contributed by atoms with Gasteiger partial charge in [-0.3, -0.25) is 0 Å². The minimum atomic E-state index is 0.0535. The van der Waals surface area contributed by atoms with Crippen LogP contribution < -0.4 is 14.8 Å². The Labute approximate surface area is 113 Å². The summed E-state index contributed by atoms with van der Waals surface area (Å²) in [6, 6.07) is 4.19. The summed E-state index contributed by atoms with van der Waals surface area (Å²) in [5.41, 5.74) is 1.36. The van der Waals surface area contributed by atoms with Gasteiger partial charge in [0.2, 0.25) is 0 Å². The Morgan fingerprint density at radius 3 is 2.39 bits per heavy atom. The van der Waals surface area contributed by atoms with Crippen molar-refractivity contribution in [2.75, 3.05) is 27.0 Å². The molecule has 3 nitrogen and oxygen atoms in total. The molecule has 100 valence electrons. The van der Waals surface area contributed by atoms with Crippen LogP contribution in [-0.4, -0.2) is 27.0 Å². The molecule has 1 aliphatic heterocycles. The first kappa shape index (κ1) is 13.6. The van der Waals surface area contributed by atoms with Crippen LogP contribution in [0.2, 0.25) is 0 Å². The summed E-state index contributed by atoms with van der Waals surface area (Å²) in [6.07, 6.45) is 4.48. The third-order valence-electron chi connectivity index (χ3n) is 3.67. The lowest BCUT2D eigenvalue weighted by Gasteiger charge is -2.28. The third kappa shape index (κ3) is 2.31. The molecule has 4 heteroatoms. The fourth-order valence-electron chi connectivity index (χ4n) is 2.58. The highest BCUT2D eigenvalue weighted by Crippen LogP contribution is 2.42. The zero-order valence-electron chi connectivity index (χ0n) is 11.5. The molecule has 18 heavy (non-hydrogen) atoms. The Bertz CT molecular complexity index is 428. The zero-order chi connectivity index (χ0) is 13.2. The van der Waals surface area contributed by atoms with Crippen LogP contribution in [0.4, 0.5) is 0 Å². The first-order chi connectivity index (χ1) is 8.64. The van der Waals surface area contributed by atoms with Gasteiger partial charge in [-0.25, -0.2) is 0 Å². The SMILES string of the molecule is COc1cc(SC)c(C2(C)CCCN2)cc1OC. The number of hydrogen-bond acceptors (Lipinski definition) is 4. The molecule has 1 aliphatic rings. The predicted octanol–water partition coefficient (Wildman–Crippen LogP) is 3.02. The number of nitrogens with one attached hydrogen (secondary N) is 1. The number of benzene rings is 1. The van der Waals surface area contributed by atoms with Crippen LogP contribution in [0.15, 0.2) is 17.0 Å². The molecule has 1 saturated heterocycles. The highest BCUT2D eigenvalue weighted by atomic mass is 32.2. The van der Waals surface area contributed by atoms with Gasteiger partial charge < -0.3 is 14.8 Å². The summed E-state index contributed by atoms with van der Waals surface area (Å²) in [7, 11) is 3.36. The van der Waals surface area contributed by atoms with Gasteiger partial charge in [0.15, 0.2) is 11.5 Å². The van der Waals surface area contributed by atoms with Crippen molar-refractivity contribution in [1.29, 1.82) is 0 Å². The van der Waals surface area contributed by atoms with Crippen molar-refractivity contribution in [3.8, 4) is 11.5 Å². The Morgan fingerprint density at radius 2 is 1.89 bits per heavy atom. The average molecular weight is 267 g/mol. The molecule has 0 aliphatic carbocycles. The Morgan fingerprint density at radius 1 is 1.22 bits per heavy atom. The molecule has 0 aromatic heterocycles. The van der Waals surface area contributed by atoms with Crippen LogP contribution in [-0.2, 0) is 5.54 Å². The van der Waals surface area contributed by atoms with Gasteiger partial charge in [0.1, 0.15) is 0 Å². The van der Waals surface area contributed by atoms with E-state index in [0.717, 1.165) is 24.5 Å². The minimum Gasteiger partial charge on any atom is -0.493 e. The van der Waals surface area contributed by atoms with Crippen LogP contribution in [0.5, 0.6) is 11.5 Å². The van der Waals surface area contributed by atoms with Crippen molar-refractivity contribution < 1.29 is 9.47 Å². The maximum Gasteiger partial charge on any atom is 0.161 e. The molecule has 1 unspecified atom stereocenters. The van der Waals surface area contributed by atoms with E-state index in [9.17, 15) is 0 Å². The quantitative estimate of drug-likeness (QED) is 0.850. The van der Waals surface area contributed by atoms with E-state index in [-0.39, 0.29) is 5.54 Å². The van der Waals surface area contributed by atoms with E-state index in [1.165, 1.54) is 16.9 Å². The van der Waals surface area contributed by atoms with Crippen molar-refractivity contribution in [3.63, 3.8) is 0 Å². The zero-order valence-corrected chi connectivity index (χ0v) is 12.3. The topological polar surface area (TPSA) is 30.5 Å². The molecule has 0 radical (unpaired) electrons. The van der Waals surface area contributed by atoms with E-state index < -0.39 is 0 Å². The maximum absolute atomic E-state index is 5.42. The first-order valence-electron chi connectivity index (χ1n) is 6.20. The number of ether oxygens (including phenoxy) is 2. The van der Waals surface area contributed by atoms with Crippen LogP contribution in [0, 0.1) is 0 Å². The second kappa shape index (κ2) is 5.41. The Kier molecular flexibility index (Phi) is 4.07. The highest BCUT2D eigenvalue weighted by molar-refractivity contribution is 7.98. The molecule has 1 N–H and O–H groups in total. The van der Waals surface area contributed by atoms with Gasteiger partial charge in [-0.15, -0.1) is 11.8 Å². The molecular formula is C14H21NO2S. The van der Waals surface area contributed by atoms with Crippen LogP contribution in [0.25, 0.3) is 0 Å². The van der Waals surface area contributed by atoms with Gasteiger partial charge in [0.25, 0.3) is 0 Å². The standard InChI is InChI=1S/C14H21NO2S/c1-14(6-5-7-15-14)10-8-11(16-2)12(17-3)9-13(10)18-4/h8-9,15H,5-7H2,1-4H3. The number of rotatable bonds is 4. The Balaban J connectivity index is 2.51. The van der Waals surface area contributed by atoms with Gasteiger partial charge in [-0.05, 0) is 50.3 Å². The molecule has 1 atom stereocenters. The molecular weight excluding hydrogens is 246 g/mol. The van der Waals surface area contributed by atoms with Gasteiger partial charge in [-0.2, -0.15) is 0 Å².